The number of ether oxygens (including phenoxy) is 1. The molecule has 4 heteroatoms. The normalized spacial score (nSPS) is 46.4. The minimum atomic E-state index is -0.986. The van der Waals surface area contributed by atoms with Gasteiger partial charge in [-0.1, -0.05) is 6.92 Å². The van der Waals surface area contributed by atoms with E-state index in [4.69, 9.17) is 4.74 Å². The number of hydrogen-bond donors (Lipinski definition) is 3. The van der Waals surface area contributed by atoms with Crippen LogP contribution in [0.1, 0.15) is 20.3 Å². The smallest absolute Gasteiger partial charge is 0.103 e. The van der Waals surface area contributed by atoms with Crippen molar-refractivity contribution in [3.63, 3.8) is 0 Å². The Kier molecular flexibility index (Phi) is 3.29. The maximum absolute atomic E-state index is 9.87. The Labute approximate surface area is 78.9 Å². The van der Waals surface area contributed by atoms with Crippen LogP contribution >= 0.6 is 0 Å². The monoisotopic (exact) mass is 189 g/mol. The standard InChI is InChI=1S/C9H19NO3/c1-4-6-7(11)8(10-3)9(2,12)5-13-6/h6-8,10-12H,4-5H2,1-3H3/t6-,7+,8?,9+/m1/s1. The average molecular weight is 189 g/mol. The fourth-order valence-corrected chi connectivity index (χ4v) is 1.89. The van der Waals surface area contributed by atoms with Gasteiger partial charge in [-0.3, -0.25) is 0 Å². The lowest BCUT2D eigenvalue weighted by molar-refractivity contribution is -0.182. The zero-order valence-corrected chi connectivity index (χ0v) is 8.45. The van der Waals surface area contributed by atoms with Crippen molar-refractivity contribution in [2.45, 2.75) is 44.1 Å². The summed E-state index contributed by atoms with van der Waals surface area (Å²) < 4.78 is 5.35. The van der Waals surface area contributed by atoms with Gasteiger partial charge in [0, 0.05) is 0 Å². The van der Waals surface area contributed by atoms with Crippen LogP contribution in [0.4, 0.5) is 0 Å². The van der Waals surface area contributed by atoms with Gasteiger partial charge in [0.15, 0.2) is 0 Å². The molecule has 1 aliphatic rings. The van der Waals surface area contributed by atoms with E-state index in [2.05, 4.69) is 5.32 Å². The highest BCUT2D eigenvalue weighted by Crippen LogP contribution is 2.24. The van der Waals surface area contributed by atoms with Gasteiger partial charge in [-0.05, 0) is 20.4 Å². The highest BCUT2D eigenvalue weighted by atomic mass is 16.5. The molecule has 0 aromatic rings. The Morgan fingerprint density at radius 2 is 2.23 bits per heavy atom. The zero-order chi connectivity index (χ0) is 10.1. The van der Waals surface area contributed by atoms with Gasteiger partial charge in [-0.15, -0.1) is 0 Å². The second kappa shape index (κ2) is 3.92. The Hall–Kier alpha value is -0.160. The second-order valence-corrected chi connectivity index (χ2v) is 3.87. The molecule has 78 valence electrons. The Balaban J connectivity index is 2.72. The van der Waals surface area contributed by atoms with E-state index in [9.17, 15) is 10.2 Å². The molecule has 4 nitrogen and oxygen atoms in total. The van der Waals surface area contributed by atoms with E-state index in [1.165, 1.54) is 0 Å². The molecule has 1 aliphatic heterocycles. The first-order valence-corrected chi connectivity index (χ1v) is 4.72. The number of nitrogens with one attached hydrogen (secondary N) is 1. The van der Waals surface area contributed by atoms with Crippen LogP contribution in [0.5, 0.6) is 0 Å². The van der Waals surface area contributed by atoms with Crippen LogP contribution in [0.25, 0.3) is 0 Å². The molecular weight excluding hydrogens is 170 g/mol. The van der Waals surface area contributed by atoms with Crippen molar-refractivity contribution in [3.8, 4) is 0 Å². The summed E-state index contributed by atoms with van der Waals surface area (Å²) in [5.74, 6) is 0. The number of likely N-dealkylation sites (N-methyl/N-ethyl adjacent to an activating group) is 1. The number of rotatable bonds is 2. The van der Waals surface area contributed by atoms with Gasteiger partial charge in [0.1, 0.15) is 5.60 Å². The molecular formula is C9H19NO3. The van der Waals surface area contributed by atoms with Gasteiger partial charge in [-0.2, -0.15) is 0 Å². The van der Waals surface area contributed by atoms with Gasteiger partial charge in [-0.25, -0.2) is 0 Å². The third-order valence-electron chi connectivity index (χ3n) is 2.70. The van der Waals surface area contributed by atoms with Crippen LogP contribution in [-0.2, 0) is 4.74 Å². The molecule has 0 aliphatic carbocycles. The Morgan fingerprint density at radius 1 is 1.62 bits per heavy atom. The molecule has 1 unspecified atom stereocenters. The van der Waals surface area contributed by atoms with Crippen LogP contribution in [0.3, 0.4) is 0 Å². The van der Waals surface area contributed by atoms with Crippen LogP contribution in [0, 0.1) is 0 Å². The van der Waals surface area contributed by atoms with Crippen molar-refractivity contribution in [1.82, 2.24) is 5.32 Å². The van der Waals surface area contributed by atoms with E-state index in [0.29, 0.717) is 0 Å². The second-order valence-electron chi connectivity index (χ2n) is 3.87. The molecule has 1 saturated heterocycles. The maximum Gasteiger partial charge on any atom is 0.103 e. The largest absolute Gasteiger partial charge is 0.389 e. The molecule has 0 saturated carbocycles. The number of hydrogen-bond acceptors (Lipinski definition) is 4. The van der Waals surface area contributed by atoms with Gasteiger partial charge in [0.2, 0.25) is 0 Å². The van der Waals surface area contributed by atoms with Gasteiger partial charge < -0.3 is 20.3 Å². The van der Waals surface area contributed by atoms with Gasteiger partial charge in [0.05, 0.1) is 24.9 Å². The van der Waals surface area contributed by atoms with Crippen molar-refractivity contribution in [1.29, 1.82) is 0 Å². The zero-order valence-electron chi connectivity index (χ0n) is 8.45. The lowest BCUT2D eigenvalue weighted by atomic mass is 9.86. The molecule has 4 atom stereocenters. The molecule has 0 radical (unpaired) electrons. The fourth-order valence-electron chi connectivity index (χ4n) is 1.89. The van der Waals surface area contributed by atoms with E-state index < -0.39 is 11.7 Å². The van der Waals surface area contributed by atoms with E-state index in [1.54, 1.807) is 14.0 Å². The quantitative estimate of drug-likeness (QED) is 0.548. The maximum atomic E-state index is 9.87. The number of aliphatic hydroxyl groups is 2. The third-order valence-corrected chi connectivity index (χ3v) is 2.70. The lowest BCUT2D eigenvalue weighted by Crippen LogP contribution is -2.64. The molecule has 1 fully saturated rings. The molecule has 0 spiro atoms. The van der Waals surface area contributed by atoms with Crippen molar-refractivity contribution in [2.24, 2.45) is 0 Å². The first kappa shape index (κ1) is 10.9. The molecule has 1 heterocycles. The summed E-state index contributed by atoms with van der Waals surface area (Å²) in [6, 6.07) is -0.314. The summed E-state index contributed by atoms with van der Waals surface area (Å²) in [6.45, 7) is 3.90. The predicted molar refractivity (Wildman–Crippen MR) is 49.5 cm³/mol. The molecule has 0 aromatic heterocycles. The van der Waals surface area contributed by atoms with E-state index >= 15 is 0 Å². The topological polar surface area (TPSA) is 61.7 Å². The van der Waals surface area contributed by atoms with Gasteiger partial charge >= 0.3 is 0 Å². The summed E-state index contributed by atoms with van der Waals surface area (Å²) in [5.41, 5.74) is -0.986. The van der Waals surface area contributed by atoms with Crippen molar-refractivity contribution in [3.05, 3.63) is 0 Å². The van der Waals surface area contributed by atoms with E-state index in [1.807, 2.05) is 6.92 Å². The molecule has 3 N–H and O–H groups in total. The molecule has 1 rings (SSSR count). The minimum Gasteiger partial charge on any atom is -0.389 e. The first-order valence-electron chi connectivity index (χ1n) is 4.72. The summed E-state index contributed by atoms with van der Waals surface area (Å²) >= 11 is 0. The van der Waals surface area contributed by atoms with Gasteiger partial charge in [0.25, 0.3) is 0 Å². The highest BCUT2D eigenvalue weighted by Gasteiger charge is 2.44. The predicted octanol–water partition coefficient (Wildman–Crippen LogP) is -0.505. The van der Waals surface area contributed by atoms with Crippen LogP contribution in [-0.4, -0.2) is 47.7 Å². The van der Waals surface area contributed by atoms with E-state index in [-0.39, 0.29) is 18.8 Å². The highest BCUT2D eigenvalue weighted by molar-refractivity contribution is 4.98. The molecule has 13 heavy (non-hydrogen) atoms. The van der Waals surface area contributed by atoms with Crippen molar-refractivity contribution < 1.29 is 14.9 Å². The van der Waals surface area contributed by atoms with Crippen LogP contribution < -0.4 is 5.32 Å². The summed E-state index contributed by atoms with van der Waals surface area (Å²) in [4.78, 5) is 0. The van der Waals surface area contributed by atoms with Crippen molar-refractivity contribution >= 4 is 0 Å². The summed E-state index contributed by atoms with van der Waals surface area (Å²) in [6.07, 6.45) is -0.0495. The Morgan fingerprint density at radius 3 is 2.69 bits per heavy atom. The third kappa shape index (κ3) is 2.02. The summed E-state index contributed by atoms with van der Waals surface area (Å²) in [5, 5.41) is 22.6. The van der Waals surface area contributed by atoms with E-state index in [0.717, 1.165) is 6.42 Å². The fraction of sp³-hybridized carbons (Fsp3) is 1.00. The lowest BCUT2D eigenvalue weighted by Gasteiger charge is -2.43. The Bertz CT molecular complexity index is 172. The molecule has 0 aromatic carbocycles. The minimum absolute atomic E-state index is 0.169. The summed E-state index contributed by atoms with van der Waals surface area (Å²) in [7, 11) is 1.74. The molecule has 0 bridgehead atoms. The first-order chi connectivity index (χ1) is 6.03. The van der Waals surface area contributed by atoms with Crippen LogP contribution in [0.15, 0.2) is 0 Å². The van der Waals surface area contributed by atoms with Crippen molar-refractivity contribution in [2.75, 3.05) is 13.7 Å². The van der Waals surface area contributed by atoms with Crippen LogP contribution in [0.2, 0.25) is 0 Å². The molecule has 0 amide bonds. The number of aliphatic hydroxyl groups excluding tert-OH is 1. The SMILES string of the molecule is CC[C@H]1OC[C@](C)(O)C(NC)[C@H]1O. The average Bonchev–Trinajstić information content (AvgIpc) is 2.04.